The summed E-state index contributed by atoms with van der Waals surface area (Å²) in [5.41, 5.74) is 3.15. The normalized spacial score (nSPS) is 16.8. The number of amides is 1. The Morgan fingerprint density at radius 1 is 1.27 bits per heavy atom. The molecule has 1 fully saturated rings. The summed E-state index contributed by atoms with van der Waals surface area (Å²) < 4.78 is 26.1. The van der Waals surface area contributed by atoms with Crippen LogP contribution in [0.2, 0.25) is 0 Å². The van der Waals surface area contributed by atoms with E-state index in [9.17, 15) is 9.18 Å². The molecule has 30 heavy (non-hydrogen) atoms. The highest BCUT2D eigenvalue weighted by molar-refractivity contribution is 5.80. The third-order valence-corrected chi connectivity index (χ3v) is 5.79. The van der Waals surface area contributed by atoms with Gasteiger partial charge < -0.3 is 14.2 Å². The number of aryl methyl sites for hydroxylation is 1. The van der Waals surface area contributed by atoms with E-state index >= 15 is 0 Å². The molecular formula is C21H22FN5O3. The number of aromatic nitrogens is 4. The van der Waals surface area contributed by atoms with Gasteiger partial charge in [-0.15, -0.1) is 0 Å². The van der Waals surface area contributed by atoms with Gasteiger partial charge in [-0.1, -0.05) is 17.3 Å². The van der Waals surface area contributed by atoms with E-state index in [2.05, 4.69) is 15.2 Å². The van der Waals surface area contributed by atoms with Crippen molar-refractivity contribution in [2.45, 2.75) is 38.3 Å². The van der Waals surface area contributed by atoms with E-state index in [1.807, 2.05) is 7.05 Å². The minimum atomic E-state index is -0.340. The first-order chi connectivity index (χ1) is 14.6. The van der Waals surface area contributed by atoms with Crippen LogP contribution in [0.4, 0.5) is 4.39 Å². The SMILES string of the molecule is Cn1nc(-c2nc(C3CCOCC3)no2)c2c1CN(C(=O)Cc1cccc(F)c1)C2. The lowest BCUT2D eigenvalue weighted by atomic mass is 10.00. The fourth-order valence-electron chi connectivity index (χ4n) is 4.13. The maximum absolute atomic E-state index is 13.4. The Hall–Kier alpha value is -3.07. The summed E-state index contributed by atoms with van der Waals surface area (Å²) in [7, 11) is 1.85. The number of ether oxygens (including phenoxy) is 1. The summed E-state index contributed by atoms with van der Waals surface area (Å²) in [6.07, 6.45) is 1.91. The average Bonchev–Trinajstić information content (AvgIpc) is 3.46. The van der Waals surface area contributed by atoms with E-state index in [0.717, 1.165) is 24.1 Å². The molecule has 1 aromatic carbocycles. The number of benzene rings is 1. The van der Waals surface area contributed by atoms with Crippen LogP contribution in [0.5, 0.6) is 0 Å². The number of halogens is 1. The highest BCUT2D eigenvalue weighted by Gasteiger charge is 2.32. The Bertz CT molecular complexity index is 1090. The van der Waals surface area contributed by atoms with Gasteiger partial charge in [0.05, 0.1) is 25.2 Å². The van der Waals surface area contributed by atoms with Crippen LogP contribution in [0, 0.1) is 5.82 Å². The van der Waals surface area contributed by atoms with Crippen LogP contribution in [0.1, 0.15) is 41.4 Å². The maximum atomic E-state index is 13.4. The Morgan fingerprint density at radius 3 is 2.90 bits per heavy atom. The van der Waals surface area contributed by atoms with Crippen LogP contribution < -0.4 is 0 Å². The molecule has 8 nitrogen and oxygen atoms in total. The lowest BCUT2D eigenvalue weighted by Crippen LogP contribution is -2.27. The van der Waals surface area contributed by atoms with Crippen molar-refractivity contribution in [1.29, 1.82) is 0 Å². The van der Waals surface area contributed by atoms with Crippen LogP contribution in [0.25, 0.3) is 11.6 Å². The number of hydrogen-bond donors (Lipinski definition) is 0. The summed E-state index contributed by atoms with van der Waals surface area (Å²) in [4.78, 5) is 19.1. The molecule has 5 rings (SSSR count). The fourth-order valence-corrected chi connectivity index (χ4v) is 4.13. The first-order valence-corrected chi connectivity index (χ1v) is 10.1. The van der Waals surface area contributed by atoms with E-state index in [1.54, 1.807) is 21.7 Å². The minimum Gasteiger partial charge on any atom is -0.381 e. The van der Waals surface area contributed by atoms with Gasteiger partial charge in [-0.3, -0.25) is 9.48 Å². The van der Waals surface area contributed by atoms with Crippen LogP contribution in [-0.2, 0) is 36.1 Å². The molecule has 0 radical (unpaired) electrons. The quantitative estimate of drug-likeness (QED) is 0.656. The second-order valence-electron chi connectivity index (χ2n) is 7.80. The maximum Gasteiger partial charge on any atom is 0.278 e. The van der Waals surface area contributed by atoms with Gasteiger partial charge >= 0.3 is 0 Å². The summed E-state index contributed by atoms with van der Waals surface area (Å²) >= 11 is 0. The highest BCUT2D eigenvalue weighted by Crippen LogP contribution is 2.33. The number of carbonyl (C=O) groups is 1. The van der Waals surface area contributed by atoms with Crippen molar-refractivity contribution in [3.63, 3.8) is 0 Å². The van der Waals surface area contributed by atoms with Crippen LogP contribution >= 0.6 is 0 Å². The third kappa shape index (κ3) is 3.49. The molecule has 0 bridgehead atoms. The van der Waals surface area contributed by atoms with Crippen molar-refractivity contribution in [3.05, 3.63) is 52.7 Å². The molecule has 0 unspecified atom stereocenters. The third-order valence-electron chi connectivity index (χ3n) is 5.79. The predicted molar refractivity (Wildman–Crippen MR) is 104 cm³/mol. The zero-order valence-electron chi connectivity index (χ0n) is 16.7. The largest absolute Gasteiger partial charge is 0.381 e. The zero-order chi connectivity index (χ0) is 20.7. The molecule has 156 valence electrons. The monoisotopic (exact) mass is 411 g/mol. The molecule has 1 saturated heterocycles. The summed E-state index contributed by atoms with van der Waals surface area (Å²) in [5, 5.41) is 8.72. The van der Waals surface area contributed by atoms with Crippen molar-refractivity contribution in [2.24, 2.45) is 7.05 Å². The Balaban J connectivity index is 1.34. The van der Waals surface area contributed by atoms with Crippen LogP contribution in [0.15, 0.2) is 28.8 Å². The van der Waals surface area contributed by atoms with Gasteiger partial charge in [-0.25, -0.2) is 4.39 Å². The number of nitrogens with zero attached hydrogens (tertiary/aromatic N) is 5. The van der Waals surface area contributed by atoms with Crippen molar-refractivity contribution in [3.8, 4) is 11.6 Å². The van der Waals surface area contributed by atoms with Gasteiger partial charge in [0.15, 0.2) is 11.5 Å². The first-order valence-electron chi connectivity index (χ1n) is 10.1. The number of rotatable bonds is 4. The molecule has 3 aromatic rings. The molecule has 9 heteroatoms. The van der Waals surface area contributed by atoms with Gasteiger partial charge in [0.2, 0.25) is 5.91 Å². The lowest BCUT2D eigenvalue weighted by molar-refractivity contribution is -0.131. The van der Waals surface area contributed by atoms with E-state index < -0.39 is 0 Å². The van der Waals surface area contributed by atoms with E-state index in [-0.39, 0.29) is 24.1 Å². The van der Waals surface area contributed by atoms with Crippen LogP contribution in [-0.4, -0.2) is 43.9 Å². The molecule has 0 spiro atoms. The summed E-state index contributed by atoms with van der Waals surface area (Å²) in [6.45, 7) is 2.28. The Kier molecular flexibility index (Phi) is 4.82. The van der Waals surface area contributed by atoms with Crippen molar-refractivity contribution in [2.75, 3.05) is 13.2 Å². The molecule has 1 amide bonds. The van der Waals surface area contributed by atoms with Crippen molar-refractivity contribution in [1.82, 2.24) is 24.8 Å². The van der Waals surface area contributed by atoms with Crippen molar-refractivity contribution >= 4 is 5.91 Å². The second kappa shape index (κ2) is 7.64. The number of carbonyl (C=O) groups excluding carboxylic acids is 1. The standard InChI is InChI=1S/C21H22FN5O3/c1-26-17-12-27(18(28)10-13-3-2-4-15(22)9-13)11-16(17)19(24-26)21-23-20(25-30-21)14-5-7-29-8-6-14/h2-4,9,14H,5-8,10-12H2,1H3. The zero-order valence-corrected chi connectivity index (χ0v) is 16.7. The van der Waals surface area contributed by atoms with E-state index in [1.165, 1.54) is 12.1 Å². The fraction of sp³-hybridized carbons (Fsp3) is 0.429. The van der Waals surface area contributed by atoms with Gasteiger partial charge in [-0.05, 0) is 30.5 Å². The van der Waals surface area contributed by atoms with Gasteiger partial charge in [0.25, 0.3) is 5.89 Å². The minimum absolute atomic E-state index is 0.0591. The van der Waals surface area contributed by atoms with E-state index in [0.29, 0.717) is 49.3 Å². The molecule has 2 aromatic heterocycles. The first kappa shape index (κ1) is 18.9. The molecule has 0 saturated carbocycles. The number of fused-ring (bicyclic) bond motifs is 1. The summed E-state index contributed by atoms with van der Waals surface area (Å²) in [5.74, 6) is 0.902. The molecule has 0 atom stereocenters. The molecular weight excluding hydrogens is 389 g/mol. The van der Waals surface area contributed by atoms with Gasteiger partial charge in [0.1, 0.15) is 5.82 Å². The smallest absolute Gasteiger partial charge is 0.278 e. The Morgan fingerprint density at radius 2 is 2.10 bits per heavy atom. The topological polar surface area (TPSA) is 86.3 Å². The summed E-state index contributed by atoms with van der Waals surface area (Å²) in [6, 6.07) is 6.14. The van der Waals surface area contributed by atoms with Crippen LogP contribution in [0.3, 0.4) is 0 Å². The molecule has 2 aliphatic rings. The van der Waals surface area contributed by atoms with Gasteiger partial charge in [0, 0.05) is 31.7 Å². The number of hydrogen-bond acceptors (Lipinski definition) is 6. The molecule has 4 heterocycles. The highest BCUT2D eigenvalue weighted by atomic mass is 19.1. The van der Waals surface area contributed by atoms with E-state index in [4.69, 9.17) is 9.26 Å². The molecule has 2 aliphatic heterocycles. The second-order valence-corrected chi connectivity index (χ2v) is 7.80. The molecule has 0 aliphatic carbocycles. The average molecular weight is 411 g/mol. The predicted octanol–water partition coefficient (Wildman–Crippen LogP) is 2.59. The Labute approximate surface area is 172 Å². The molecule has 0 N–H and O–H groups in total. The van der Waals surface area contributed by atoms with Gasteiger partial charge in [-0.2, -0.15) is 10.1 Å². The van der Waals surface area contributed by atoms with Crippen molar-refractivity contribution < 1.29 is 18.4 Å². The lowest BCUT2D eigenvalue weighted by Gasteiger charge is -2.18.